The van der Waals surface area contributed by atoms with Crippen molar-refractivity contribution < 1.29 is 17.9 Å². The number of aryl methyl sites for hydroxylation is 1. The van der Waals surface area contributed by atoms with Crippen LogP contribution in [0.3, 0.4) is 0 Å². The van der Waals surface area contributed by atoms with E-state index in [1.807, 2.05) is 6.92 Å². The van der Waals surface area contributed by atoms with Crippen molar-refractivity contribution in [3.63, 3.8) is 0 Å². The normalized spacial score (nSPS) is 19.6. The van der Waals surface area contributed by atoms with Crippen molar-refractivity contribution in [1.82, 2.24) is 14.5 Å². The van der Waals surface area contributed by atoms with Crippen molar-refractivity contribution in [2.45, 2.75) is 50.1 Å². The summed E-state index contributed by atoms with van der Waals surface area (Å²) in [7, 11) is -1.56. The predicted molar refractivity (Wildman–Crippen MR) is 108 cm³/mol. The molecule has 8 heteroatoms. The van der Waals surface area contributed by atoms with E-state index in [1.165, 1.54) is 23.2 Å². The number of likely N-dealkylation sites (N-methyl/N-ethyl adjacent to an activating group) is 1. The van der Waals surface area contributed by atoms with Crippen LogP contribution in [-0.2, 0) is 21.2 Å². The summed E-state index contributed by atoms with van der Waals surface area (Å²) in [4.78, 5) is 15.2. The van der Waals surface area contributed by atoms with Crippen LogP contribution in [0.25, 0.3) is 0 Å². The second-order valence-corrected chi connectivity index (χ2v) is 9.55. The first-order chi connectivity index (χ1) is 13.3. The number of ether oxygens (including phenoxy) is 1. The molecule has 2 aliphatic rings. The maximum absolute atomic E-state index is 13.1. The number of rotatable bonds is 8. The largest absolute Gasteiger partial charge is 0.379 e. The molecule has 0 bridgehead atoms. The van der Waals surface area contributed by atoms with Gasteiger partial charge in [-0.1, -0.05) is 13.0 Å². The maximum Gasteiger partial charge on any atom is 0.251 e. The van der Waals surface area contributed by atoms with Gasteiger partial charge >= 0.3 is 0 Å². The number of nitrogens with zero attached hydrogens (tertiary/aromatic N) is 2. The Bertz CT molecular complexity index is 802. The highest BCUT2D eigenvalue weighted by Gasteiger charge is 2.30. The Kier molecular flexibility index (Phi) is 6.75. The molecule has 2 fully saturated rings. The Morgan fingerprint density at radius 1 is 1.32 bits per heavy atom. The summed E-state index contributed by atoms with van der Waals surface area (Å²) < 4.78 is 32.9. The maximum atomic E-state index is 13.1. The highest BCUT2D eigenvalue weighted by molar-refractivity contribution is 7.89. The molecule has 1 atom stereocenters. The molecule has 1 aromatic rings. The Morgan fingerprint density at radius 2 is 2.00 bits per heavy atom. The van der Waals surface area contributed by atoms with Crippen LogP contribution in [0, 0.1) is 0 Å². The smallest absolute Gasteiger partial charge is 0.251 e. The molecule has 7 nitrogen and oxygen atoms in total. The average Bonchev–Trinajstić information content (AvgIpc) is 3.56. The molecule has 1 aliphatic carbocycles. The Balaban J connectivity index is 1.75. The van der Waals surface area contributed by atoms with Crippen LogP contribution in [0.4, 0.5) is 0 Å². The molecule has 1 aliphatic heterocycles. The van der Waals surface area contributed by atoms with Crippen molar-refractivity contribution in [2.24, 2.45) is 0 Å². The van der Waals surface area contributed by atoms with Crippen molar-refractivity contribution in [3.8, 4) is 0 Å². The zero-order valence-corrected chi connectivity index (χ0v) is 17.8. The molecule has 0 aromatic heterocycles. The molecule has 1 heterocycles. The van der Waals surface area contributed by atoms with Crippen molar-refractivity contribution in [3.05, 3.63) is 29.3 Å². The van der Waals surface area contributed by atoms with Crippen LogP contribution in [0.2, 0.25) is 0 Å². The quantitative estimate of drug-likeness (QED) is 0.704. The molecule has 1 aromatic carbocycles. The summed E-state index contributed by atoms with van der Waals surface area (Å²) in [6, 6.07) is 5.85. The van der Waals surface area contributed by atoms with Crippen LogP contribution in [-0.4, -0.2) is 75.5 Å². The number of carbonyl (C=O) groups is 1. The van der Waals surface area contributed by atoms with Crippen LogP contribution in [0.1, 0.15) is 42.6 Å². The molecule has 1 saturated heterocycles. The lowest BCUT2D eigenvalue weighted by atomic mass is 10.1. The van der Waals surface area contributed by atoms with Gasteiger partial charge < -0.3 is 10.1 Å². The van der Waals surface area contributed by atoms with Gasteiger partial charge in [0.15, 0.2) is 0 Å². The summed E-state index contributed by atoms with van der Waals surface area (Å²) >= 11 is 0. The third-order valence-electron chi connectivity index (χ3n) is 5.67. The lowest BCUT2D eigenvalue weighted by molar-refractivity contribution is 0.0730. The van der Waals surface area contributed by atoms with Crippen molar-refractivity contribution in [2.75, 3.05) is 39.9 Å². The summed E-state index contributed by atoms with van der Waals surface area (Å²) in [5.74, 6) is -0.239. The molecule has 0 spiro atoms. The second-order valence-electron chi connectivity index (χ2n) is 7.65. The standard InChI is InChI=1S/C20H31N3O4S/c1-4-16-5-6-17(20(24)21-14-15(2)22(3)18-7-8-18)13-19(16)28(25,26)23-9-11-27-12-10-23/h5-6,13,15,18H,4,7-12,14H2,1-3H3,(H,21,24). The van der Waals surface area contributed by atoms with E-state index < -0.39 is 10.0 Å². The van der Waals surface area contributed by atoms with E-state index in [2.05, 4.69) is 24.2 Å². The van der Waals surface area contributed by atoms with Gasteiger partial charge in [0.1, 0.15) is 0 Å². The molecule has 1 unspecified atom stereocenters. The van der Waals surface area contributed by atoms with Gasteiger partial charge in [-0.05, 0) is 50.9 Å². The molecule has 0 radical (unpaired) electrons. The number of nitrogens with one attached hydrogen (secondary N) is 1. The number of amides is 1. The lowest BCUT2D eigenvalue weighted by Gasteiger charge is -2.27. The van der Waals surface area contributed by atoms with Gasteiger partial charge in [0, 0.05) is 37.3 Å². The van der Waals surface area contributed by atoms with Gasteiger partial charge in [0.2, 0.25) is 10.0 Å². The van der Waals surface area contributed by atoms with E-state index >= 15 is 0 Å². The minimum atomic E-state index is -3.64. The van der Waals surface area contributed by atoms with Gasteiger partial charge in [0.05, 0.1) is 18.1 Å². The molecule has 1 N–H and O–H groups in total. The van der Waals surface area contributed by atoms with E-state index in [1.54, 1.807) is 12.1 Å². The summed E-state index contributed by atoms with van der Waals surface area (Å²) in [6.07, 6.45) is 3.02. The SMILES string of the molecule is CCc1ccc(C(=O)NCC(C)N(C)C2CC2)cc1S(=O)(=O)N1CCOCC1. The van der Waals surface area contributed by atoms with Gasteiger partial charge in [0.25, 0.3) is 5.91 Å². The number of hydrogen-bond donors (Lipinski definition) is 1. The van der Waals surface area contributed by atoms with Crippen LogP contribution in [0.15, 0.2) is 23.1 Å². The van der Waals surface area contributed by atoms with E-state index in [4.69, 9.17) is 4.74 Å². The van der Waals surface area contributed by atoms with Crippen molar-refractivity contribution >= 4 is 15.9 Å². The number of morpholine rings is 1. The van der Waals surface area contributed by atoms with E-state index in [-0.39, 0.29) is 16.8 Å². The zero-order valence-electron chi connectivity index (χ0n) is 17.0. The topological polar surface area (TPSA) is 79.0 Å². The van der Waals surface area contributed by atoms with Gasteiger partial charge in [-0.2, -0.15) is 4.31 Å². The van der Waals surface area contributed by atoms with Gasteiger partial charge in [-0.15, -0.1) is 0 Å². The highest BCUT2D eigenvalue weighted by Crippen LogP contribution is 2.27. The molecule has 28 heavy (non-hydrogen) atoms. The van der Waals surface area contributed by atoms with E-state index in [9.17, 15) is 13.2 Å². The summed E-state index contributed by atoms with van der Waals surface area (Å²) in [5, 5.41) is 2.95. The number of benzene rings is 1. The minimum absolute atomic E-state index is 0.229. The predicted octanol–water partition coefficient (Wildman–Crippen LogP) is 1.48. The first-order valence-corrected chi connectivity index (χ1v) is 11.5. The Morgan fingerprint density at radius 3 is 2.61 bits per heavy atom. The first kappa shape index (κ1) is 21.2. The van der Waals surface area contributed by atoms with Gasteiger partial charge in [-0.25, -0.2) is 8.42 Å². The molecular weight excluding hydrogens is 378 g/mol. The van der Waals surface area contributed by atoms with Gasteiger partial charge in [-0.3, -0.25) is 9.69 Å². The van der Waals surface area contributed by atoms with Crippen LogP contribution >= 0.6 is 0 Å². The third-order valence-corrected chi connectivity index (χ3v) is 7.66. The second kappa shape index (κ2) is 8.90. The number of carbonyl (C=O) groups excluding carboxylic acids is 1. The molecular formula is C20H31N3O4S. The van der Waals surface area contributed by atoms with E-state index in [0.29, 0.717) is 50.9 Å². The van der Waals surface area contributed by atoms with Crippen LogP contribution in [0.5, 0.6) is 0 Å². The summed E-state index contributed by atoms with van der Waals surface area (Å²) in [5.41, 5.74) is 1.11. The van der Waals surface area contributed by atoms with E-state index in [0.717, 1.165) is 5.56 Å². The Labute approximate surface area is 168 Å². The average molecular weight is 410 g/mol. The zero-order chi connectivity index (χ0) is 20.3. The molecule has 156 valence electrons. The fourth-order valence-corrected chi connectivity index (χ4v) is 5.21. The minimum Gasteiger partial charge on any atom is -0.379 e. The Hall–Kier alpha value is -1.48. The lowest BCUT2D eigenvalue weighted by Crippen LogP contribution is -2.41. The highest BCUT2D eigenvalue weighted by atomic mass is 32.2. The van der Waals surface area contributed by atoms with Crippen molar-refractivity contribution in [1.29, 1.82) is 0 Å². The molecule has 1 amide bonds. The van der Waals surface area contributed by atoms with Crippen LogP contribution < -0.4 is 5.32 Å². The fraction of sp³-hybridized carbons (Fsp3) is 0.650. The number of sulfonamides is 1. The monoisotopic (exact) mass is 409 g/mol. The third kappa shape index (κ3) is 4.74. The fourth-order valence-electron chi connectivity index (χ4n) is 3.48. The molecule has 1 saturated carbocycles. The summed E-state index contributed by atoms with van der Waals surface area (Å²) in [6.45, 7) is 6.02. The first-order valence-electron chi connectivity index (χ1n) is 10.1. The molecule has 3 rings (SSSR count). The number of hydrogen-bond acceptors (Lipinski definition) is 5.